The van der Waals surface area contributed by atoms with Crippen molar-refractivity contribution in [2.24, 2.45) is 14.1 Å². The molecule has 0 unspecified atom stereocenters. The third-order valence-corrected chi connectivity index (χ3v) is 11.7. The lowest BCUT2D eigenvalue weighted by molar-refractivity contribution is -0.697. The highest BCUT2D eigenvalue weighted by atomic mass is 32.3. The molecule has 31 heteroatoms. The highest BCUT2D eigenvalue weighted by Crippen LogP contribution is 2.20. The minimum atomic E-state index is -6.09. The van der Waals surface area contributed by atoms with E-state index in [4.69, 9.17) is 35.4 Å². The van der Waals surface area contributed by atoms with Crippen molar-refractivity contribution in [1.29, 1.82) is 0 Å². The van der Waals surface area contributed by atoms with Crippen LogP contribution in [0.1, 0.15) is 90.5 Å². The summed E-state index contributed by atoms with van der Waals surface area (Å²) >= 11 is -3.11. The van der Waals surface area contributed by atoms with Crippen molar-refractivity contribution in [3.63, 3.8) is 0 Å². The molecule has 1 aromatic carbocycles. The van der Waals surface area contributed by atoms with Gasteiger partial charge in [-0.15, -0.1) is 11.4 Å². The van der Waals surface area contributed by atoms with Gasteiger partial charge in [-0.3, -0.25) is 17.5 Å². The van der Waals surface area contributed by atoms with Crippen molar-refractivity contribution in [2.75, 3.05) is 18.6 Å². The van der Waals surface area contributed by atoms with Crippen LogP contribution in [-0.2, 0) is 103 Å². The Morgan fingerprint density at radius 2 is 0.987 bits per heavy atom. The van der Waals surface area contributed by atoms with Crippen LogP contribution in [0.5, 0.6) is 0 Å². The minimum absolute atomic E-state index is 0.152. The number of benzene rings is 1. The molecule has 4 heterocycles. The van der Waals surface area contributed by atoms with Gasteiger partial charge >= 0.3 is 5.51 Å². The molecule has 0 bridgehead atoms. The zero-order chi connectivity index (χ0) is 58.9. The Bertz CT molecular complexity index is 2690. The summed E-state index contributed by atoms with van der Waals surface area (Å²) in [6.07, 6.45) is 33.2. The molecule has 23 nitrogen and oxygen atoms in total. The van der Waals surface area contributed by atoms with Gasteiger partial charge in [0, 0.05) is 25.0 Å². The van der Waals surface area contributed by atoms with E-state index in [1.807, 2.05) is 88.1 Å². The van der Waals surface area contributed by atoms with Gasteiger partial charge in [0.15, 0.2) is 22.5 Å². The van der Waals surface area contributed by atoms with Crippen LogP contribution in [0, 0.1) is 6.92 Å². The molecule has 5 rings (SSSR count). The predicted octanol–water partition coefficient (Wildman–Crippen LogP) is 4.25. The summed E-state index contributed by atoms with van der Waals surface area (Å²) in [5.74, 6) is -0.336. The molecule has 0 aliphatic rings. The highest BCUT2D eigenvalue weighted by Gasteiger charge is 2.37. The van der Waals surface area contributed by atoms with E-state index in [0.717, 1.165) is 33.2 Å². The Morgan fingerprint density at radius 1 is 0.592 bits per heavy atom. The fourth-order valence-electron chi connectivity index (χ4n) is 5.42. The van der Waals surface area contributed by atoms with Crippen molar-refractivity contribution >= 4 is 52.1 Å². The number of hydrogen-bond acceptors (Lipinski definition) is 14. The molecule has 76 heavy (non-hydrogen) atoms. The monoisotopic (exact) mass is 1190 g/mol. The number of aromatic nitrogens is 7. The first kappa shape index (κ1) is 75.7. The number of alkyl halides is 3. The second-order valence-electron chi connectivity index (χ2n) is 16.0. The Balaban J connectivity index is -0.000000822. The van der Waals surface area contributed by atoms with Crippen molar-refractivity contribution < 1.29 is 101 Å². The molecule has 0 saturated heterocycles. The number of nitrogens with zero attached hydrogens (tertiary/aromatic N) is 7. The fraction of sp³-hybridized carbons (Fsp3) is 0.556. The maximum atomic E-state index is 10.7. The molecule has 0 aliphatic heterocycles. The number of aryl methyl sites for hydroxylation is 8. The fourth-order valence-corrected chi connectivity index (χ4v) is 6.48. The average Bonchev–Trinajstić information content (AvgIpc) is 4.08. The number of unbranched alkanes of at least 4 members (excludes halogenated alkanes) is 6. The summed E-state index contributed by atoms with van der Waals surface area (Å²) < 4.78 is 188. The summed E-state index contributed by atoms with van der Waals surface area (Å²) in [6, 6.07) is 16.0. The number of imidazole rings is 3. The molecule has 438 valence electrons. The van der Waals surface area contributed by atoms with Crippen LogP contribution in [0.3, 0.4) is 0 Å². The summed E-state index contributed by atoms with van der Waals surface area (Å²) in [4.78, 5) is 0. The molecule has 0 saturated carbocycles. The van der Waals surface area contributed by atoms with Crippen molar-refractivity contribution in [3.05, 3.63) is 123 Å². The van der Waals surface area contributed by atoms with Gasteiger partial charge in [0.2, 0.25) is 29.4 Å². The molecule has 0 spiro atoms. The zero-order valence-electron chi connectivity index (χ0n) is 43.9. The molecule has 0 atom stereocenters. The zero-order valence-corrected chi connectivity index (χ0v) is 48.0. The Kier molecular flexibility index (Phi) is 42.3. The van der Waals surface area contributed by atoms with Gasteiger partial charge in [0.05, 0.1) is 58.9 Å². The number of hydrogen-bond donors (Lipinski definition) is 2. The smallest absolute Gasteiger partial charge is 0.485 e. The summed E-state index contributed by atoms with van der Waals surface area (Å²) in [5.41, 5.74) is -4.32. The number of halogens is 3. The van der Waals surface area contributed by atoms with Crippen LogP contribution >= 0.6 is 0 Å². The van der Waals surface area contributed by atoms with Crippen molar-refractivity contribution in [3.8, 4) is 0 Å². The van der Waals surface area contributed by atoms with Crippen LogP contribution in [0.4, 0.5) is 13.2 Å². The molecule has 0 radical (unpaired) electrons. The van der Waals surface area contributed by atoms with Crippen molar-refractivity contribution in [2.45, 2.75) is 130 Å². The Labute approximate surface area is 450 Å². The van der Waals surface area contributed by atoms with Crippen LogP contribution < -0.4 is 18.3 Å². The lowest BCUT2D eigenvalue weighted by Crippen LogP contribution is -2.32. The Morgan fingerprint density at radius 3 is 1.33 bits per heavy atom. The average molecular weight is 1190 g/mol. The van der Waals surface area contributed by atoms with Gasteiger partial charge in [-0.25, -0.2) is 48.8 Å². The number of pyridine rings is 1. The molecule has 5 aromatic rings. The lowest BCUT2D eigenvalue weighted by atomic mass is 10.2. The number of rotatable bonds is 20. The van der Waals surface area contributed by atoms with Crippen LogP contribution in [0.15, 0.2) is 117 Å². The summed E-state index contributed by atoms with van der Waals surface area (Å²) in [7, 11) is -13.2. The normalized spacial score (nSPS) is 11.1. The summed E-state index contributed by atoms with van der Waals surface area (Å²) in [5, 5.41) is 0. The second kappa shape index (κ2) is 42.5. The van der Waals surface area contributed by atoms with E-state index in [9.17, 15) is 43.0 Å². The second-order valence-corrected chi connectivity index (χ2v) is 22.0. The van der Waals surface area contributed by atoms with Gasteiger partial charge in [-0.05, 0) is 46.0 Å². The third-order valence-electron chi connectivity index (χ3n) is 9.14. The van der Waals surface area contributed by atoms with Gasteiger partial charge in [-0.1, -0.05) is 75.1 Å². The maximum absolute atomic E-state index is 10.7. The lowest BCUT2D eigenvalue weighted by Gasteiger charge is -2.08. The van der Waals surface area contributed by atoms with Crippen LogP contribution in [-0.4, -0.2) is 103 Å². The maximum Gasteiger partial charge on any atom is 0.485 e. The molecule has 4 aromatic heterocycles. The first-order valence-electron chi connectivity index (χ1n) is 23.4. The van der Waals surface area contributed by atoms with E-state index in [1.165, 1.54) is 57.1 Å². The molecule has 0 fully saturated rings. The third kappa shape index (κ3) is 52.9. The minimum Gasteiger partial charge on any atom is -0.784 e. The van der Waals surface area contributed by atoms with E-state index in [-0.39, 0.29) is 11.5 Å². The van der Waals surface area contributed by atoms with E-state index in [1.54, 1.807) is 0 Å². The predicted molar refractivity (Wildman–Crippen MR) is 272 cm³/mol. The van der Waals surface area contributed by atoms with Crippen LogP contribution in [0.25, 0.3) is 0 Å². The van der Waals surface area contributed by atoms with E-state index in [0.29, 0.717) is 19.4 Å². The highest BCUT2D eigenvalue weighted by molar-refractivity contribution is 7.86. The van der Waals surface area contributed by atoms with Gasteiger partial charge in [0.1, 0.15) is 43.7 Å². The van der Waals surface area contributed by atoms with E-state index < -0.39 is 57.6 Å². The first-order valence-corrected chi connectivity index (χ1v) is 30.4. The quantitative estimate of drug-likeness (QED) is 0.0275. The topological polar surface area (TPSA) is 326 Å². The molecule has 0 aliphatic carbocycles. The molecular formula is C45H76F3N7O16S5. The molecule has 2 N–H and O–H groups in total. The molecule has 0 amide bonds. The van der Waals surface area contributed by atoms with Crippen LogP contribution in [0.2, 0.25) is 0 Å². The largest absolute Gasteiger partial charge is 0.784 e. The summed E-state index contributed by atoms with van der Waals surface area (Å²) in [6.45, 7) is 13.2. The van der Waals surface area contributed by atoms with E-state index in [2.05, 4.69) is 107 Å². The Hall–Kier alpha value is -4.54. The van der Waals surface area contributed by atoms with Gasteiger partial charge in [-0.2, -0.15) is 30.0 Å². The van der Waals surface area contributed by atoms with Crippen molar-refractivity contribution in [1.82, 2.24) is 13.7 Å². The first-order chi connectivity index (χ1) is 35.2. The standard InChI is InChI=1S/C10H19N2.C9H17N2.C9H13NO3S.C8H14N2O3S.C7H8.CHF3O3S.CH4O4S.H2O3S/c1-3-4-5-6-7-12-9-8-11(2)10-12;1-3-4-5-6-11-8-7-10(2)9-11;11-14(12,13)9-5-4-8-10-6-2-1-3-7-10;1-2-9-5-6-10(8-9)4-3-7-14(11,12)13;1-7-5-3-2-4-6-7;2-1(3,4)8(5,6)7;1-5-6(2,3)4;1-4(2)3/h8-10H,3-7H2,1-2H3;7-9H,3-6H2,1-2H3;1-3,6-7H,4-5,8-9H2;5-6,8H,2-4,7H2,1H3;2-6H,1H3;(H,5,6,7);1H3,(H,2,3,4);(H2,1,2,3)/q2*+1;;;;;;/p-2. The van der Waals surface area contributed by atoms with Gasteiger partial charge in [0.25, 0.3) is 20.2 Å². The van der Waals surface area contributed by atoms with Gasteiger partial charge < -0.3 is 18.2 Å². The van der Waals surface area contributed by atoms with E-state index >= 15 is 0 Å². The molecular weight excluding hydrogens is 1110 g/mol. The SMILES string of the molecule is CCCCCCn1cc[n+](C)c1.CCCCCn1cc[n+](C)c1.CCn1cc[n+](CCCS(=O)(=O)O)c1.COS(=O)(=O)[O-].Cc1ccccc1.O=S(=O)(O)CCCC[n+]1ccccc1.O=S(=O)([O-])C(F)(F)F.O=S([O-])[O-].